The molecule has 0 spiro atoms. The number of nitrogens with zero attached hydrogens (tertiary/aromatic N) is 1. The lowest BCUT2D eigenvalue weighted by atomic mass is 9.83. The van der Waals surface area contributed by atoms with E-state index in [4.69, 9.17) is 0 Å². The van der Waals surface area contributed by atoms with Crippen LogP contribution in [0.25, 0.3) is 0 Å². The summed E-state index contributed by atoms with van der Waals surface area (Å²) in [7, 11) is 0. The van der Waals surface area contributed by atoms with Crippen molar-refractivity contribution in [2.24, 2.45) is 5.92 Å². The highest BCUT2D eigenvalue weighted by molar-refractivity contribution is 5.34. The smallest absolute Gasteiger partial charge is 0.269 e. The Labute approximate surface area is 120 Å². The quantitative estimate of drug-likeness (QED) is 0.630. The summed E-state index contributed by atoms with van der Waals surface area (Å²) in [6.45, 7) is 2.98. The molecule has 0 unspecified atom stereocenters. The second kappa shape index (κ2) is 7.39. The summed E-state index contributed by atoms with van der Waals surface area (Å²) in [6, 6.07) is 7.48. The van der Waals surface area contributed by atoms with Gasteiger partial charge in [0.1, 0.15) is 0 Å². The highest BCUT2D eigenvalue weighted by atomic mass is 16.6. The van der Waals surface area contributed by atoms with Crippen LogP contribution in [0.2, 0.25) is 0 Å². The third kappa shape index (κ3) is 4.30. The number of hydrogen-bond acceptors (Lipinski definition) is 3. The molecule has 20 heavy (non-hydrogen) atoms. The van der Waals surface area contributed by atoms with E-state index in [1.165, 1.54) is 38.5 Å². The standard InChI is InChI=1S/C16H24N2O2/c1-2-4-13-7-9-15(10-8-13)17-12-14-5-3-6-16(11-14)18(19)20/h3,5-6,11,13,15,17H,2,4,7-10,12H2,1H3. The fourth-order valence-electron chi connectivity index (χ4n) is 3.11. The molecule has 0 atom stereocenters. The topological polar surface area (TPSA) is 55.2 Å². The molecule has 0 saturated heterocycles. The fourth-order valence-corrected chi connectivity index (χ4v) is 3.11. The number of non-ortho nitro benzene ring substituents is 1. The van der Waals surface area contributed by atoms with Crippen LogP contribution in [0, 0.1) is 16.0 Å². The zero-order valence-electron chi connectivity index (χ0n) is 12.2. The van der Waals surface area contributed by atoms with Gasteiger partial charge in [-0.2, -0.15) is 0 Å². The first kappa shape index (κ1) is 15.0. The van der Waals surface area contributed by atoms with Gasteiger partial charge in [0.2, 0.25) is 0 Å². The second-order valence-corrected chi connectivity index (χ2v) is 5.81. The zero-order valence-corrected chi connectivity index (χ0v) is 12.2. The van der Waals surface area contributed by atoms with Crippen LogP contribution >= 0.6 is 0 Å². The van der Waals surface area contributed by atoms with Crippen molar-refractivity contribution in [2.75, 3.05) is 0 Å². The van der Waals surface area contributed by atoms with Crippen molar-refractivity contribution >= 4 is 5.69 Å². The lowest BCUT2D eigenvalue weighted by Gasteiger charge is -2.29. The maximum Gasteiger partial charge on any atom is 0.269 e. The lowest BCUT2D eigenvalue weighted by Crippen LogP contribution is -2.32. The first-order valence-corrected chi connectivity index (χ1v) is 7.65. The molecule has 2 rings (SSSR count). The molecule has 0 aromatic heterocycles. The van der Waals surface area contributed by atoms with Crippen LogP contribution in [0.1, 0.15) is 51.0 Å². The van der Waals surface area contributed by atoms with Gasteiger partial charge in [-0.05, 0) is 37.2 Å². The van der Waals surface area contributed by atoms with E-state index >= 15 is 0 Å². The van der Waals surface area contributed by atoms with Crippen molar-refractivity contribution in [1.29, 1.82) is 0 Å². The highest BCUT2D eigenvalue weighted by Gasteiger charge is 2.20. The monoisotopic (exact) mass is 276 g/mol. The molecule has 0 amide bonds. The molecule has 4 heteroatoms. The van der Waals surface area contributed by atoms with E-state index in [0.29, 0.717) is 6.04 Å². The van der Waals surface area contributed by atoms with Gasteiger partial charge >= 0.3 is 0 Å². The van der Waals surface area contributed by atoms with Crippen LogP contribution in [0.15, 0.2) is 24.3 Å². The molecule has 1 aromatic rings. The molecular formula is C16H24N2O2. The van der Waals surface area contributed by atoms with Crippen molar-refractivity contribution in [3.8, 4) is 0 Å². The molecule has 0 bridgehead atoms. The maximum absolute atomic E-state index is 10.7. The molecule has 1 aliphatic carbocycles. The average molecular weight is 276 g/mol. The lowest BCUT2D eigenvalue weighted by molar-refractivity contribution is -0.384. The van der Waals surface area contributed by atoms with E-state index in [2.05, 4.69) is 12.2 Å². The van der Waals surface area contributed by atoms with Gasteiger partial charge < -0.3 is 5.32 Å². The van der Waals surface area contributed by atoms with E-state index in [9.17, 15) is 10.1 Å². The number of rotatable bonds is 6. The van der Waals surface area contributed by atoms with Crippen LogP contribution < -0.4 is 5.32 Å². The number of benzene rings is 1. The van der Waals surface area contributed by atoms with E-state index in [1.807, 2.05) is 6.07 Å². The van der Waals surface area contributed by atoms with E-state index in [0.717, 1.165) is 18.0 Å². The largest absolute Gasteiger partial charge is 0.310 e. The molecule has 4 nitrogen and oxygen atoms in total. The van der Waals surface area contributed by atoms with Gasteiger partial charge in [-0.15, -0.1) is 0 Å². The Morgan fingerprint density at radius 2 is 2.05 bits per heavy atom. The van der Waals surface area contributed by atoms with Gasteiger partial charge in [0, 0.05) is 24.7 Å². The Balaban J connectivity index is 1.78. The van der Waals surface area contributed by atoms with Crippen LogP contribution in [-0.2, 0) is 6.54 Å². The minimum atomic E-state index is -0.334. The van der Waals surface area contributed by atoms with Crippen molar-refractivity contribution in [1.82, 2.24) is 5.32 Å². The average Bonchev–Trinajstić information content (AvgIpc) is 2.47. The Morgan fingerprint density at radius 1 is 1.30 bits per heavy atom. The summed E-state index contributed by atoms with van der Waals surface area (Å²) < 4.78 is 0. The van der Waals surface area contributed by atoms with Gasteiger partial charge in [0.05, 0.1) is 4.92 Å². The van der Waals surface area contributed by atoms with Crippen LogP contribution in [0.4, 0.5) is 5.69 Å². The molecule has 0 heterocycles. The third-order valence-electron chi connectivity index (χ3n) is 4.26. The van der Waals surface area contributed by atoms with Crippen molar-refractivity contribution in [3.05, 3.63) is 39.9 Å². The van der Waals surface area contributed by atoms with E-state index in [-0.39, 0.29) is 10.6 Å². The van der Waals surface area contributed by atoms with Crippen LogP contribution in [-0.4, -0.2) is 11.0 Å². The summed E-state index contributed by atoms with van der Waals surface area (Å²) in [5.74, 6) is 0.913. The Hall–Kier alpha value is -1.42. The minimum absolute atomic E-state index is 0.177. The first-order chi connectivity index (χ1) is 9.69. The summed E-state index contributed by atoms with van der Waals surface area (Å²) in [5.41, 5.74) is 1.17. The van der Waals surface area contributed by atoms with Gasteiger partial charge in [-0.25, -0.2) is 0 Å². The Kier molecular flexibility index (Phi) is 5.53. The van der Waals surface area contributed by atoms with Crippen molar-refractivity contribution in [3.63, 3.8) is 0 Å². The van der Waals surface area contributed by atoms with Crippen LogP contribution in [0.5, 0.6) is 0 Å². The molecule has 1 aliphatic rings. The molecule has 1 aromatic carbocycles. The number of nitrogens with one attached hydrogen (secondary N) is 1. The number of hydrogen-bond donors (Lipinski definition) is 1. The van der Waals surface area contributed by atoms with Gasteiger partial charge in [-0.1, -0.05) is 31.9 Å². The number of nitro benzene ring substituents is 1. The first-order valence-electron chi connectivity index (χ1n) is 7.65. The summed E-state index contributed by atoms with van der Waals surface area (Å²) >= 11 is 0. The third-order valence-corrected chi connectivity index (χ3v) is 4.26. The summed E-state index contributed by atoms with van der Waals surface area (Å²) in [6.07, 6.45) is 7.76. The molecular weight excluding hydrogens is 252 g/mol. The molecule has 0 radical (unpaired) electrons. The minimum Gasteiger partial charge on any atom is -0.310 e. The zero-order chi connectivity index (χ0) is 14.4. The summed E-state index contributed by atoms with van der Waals surface area (Å²) in [4.78, 5) is 10.4. The summed E-state index contributed by atoms with van der Waals surface area (Å²) in [5, 5.41) is 14.3. The predicted octanol–water partition coefficient (Wildman–Crippen LogP) is 4.04. The molecule has 1 N–H and O–H groups in total. The van der Waals surface area contributed by atoms with E-state index in [1.54, 1.807) is 18.2 Å². The highest BCUT2D eigenvalue weighted by Crippen LogP contribution is 2.27. The number of nitro groups is 1. The van der Waals surface area contributed by atoms with Crippen LogP contribution in [0.3, 0.4) is 0 Å². The fraction of sp³-hybridized carbons (Fsp3) is 0.625. The molecule has 1 saturated carbocycles. The SMILES string of the molecule is CCCC1CCC(NCc2cccc([N+](=O)[O-])c2)CC1. The van der Waals surface area contributed by atoms with Crippen molar-refractivity contribution < 1.29 is 4.92 Å². The Bertz CT molecular complexity index is 440. The molecule has 0 aliphatic heterocycles. The van der Waals surface area contributed by atoms with Gasteiger partial charge in [0.25, 0.3) is 5.69 Å². The van der Waals surface area contributed by atoms with Gasteiger partial charge in [0.15, 0.2) is 0 Å². The normalized spacial score (nSPS) is 22.6. The van der Waals surface area contributed by atoms with E-state index < -0.39 is 0 Å². The van der Waals surface area contributed by atoms with Crippen molar-refractivity contribution in [2.45, 2.75) is 58.0 Å². The maximum atomic E-state index is 10.7. The second-order valence-electron chi connectivity index (χ2n) is 5.81. The molecule has 110 valence electrons. The molecule has 1 fully saturated rings. The Morgan fingerprint density at radius 3 is 2.70 bits per heavy atom. The predicted molar refractivity (Wildman–Crippen MR) is 80.6 cm³/mol. The van der Waals surface area contributed by atoms with Gasteiger partial charge in [-0.3, -0.25) is 10.1 Å².